The fraction of sp³-hybridized carbons (Fsp3) is 0.600. The molecule has 1 unspecified atom stereocenters. The molecule has 2 rings (SSSR count). The van der Waals surface area contributed by atoms with Crippen LogP contribution in [0.2, 0.25) is 0 Å². The second-order valence-corrected chi connectivity index (χ2v) is 10.0. The second-order valence-electron chi connectivity index (χ2n) is 5.81. The van der Waals surface area contributed by atoms with E-state index in [1.165, 1.54) is 28.6 Å². The molecule has 1 aromatic rings. The summed E-state index contributed by atoms with van der Waals surface area (Å²) in [7, 11) is -5.23. The number of hydrogen-bond donors (Lipinski definition) is 1. The lowest BCUT2D eigenvalue weighted by atomic mass is 10.00. The molecule has 1 aliphatic heterocycles. The Morgan fingerprint density at radius 1 is 1.21 bits per heavy atom. The van der Waals surface area contributed by atoms with Crippen molar-refractivity contribution >= 4 is 32.3 Å². The molecule has 6 nitrogen and oxygen atoms in total. The van der Waals surface area contributed by atoms with Crippen LogP contribution in [0.4, 0.5) is 0 Å². The molecule has 138 valence electrons. The smallest absolute Gasteiger partial charge is 0.243 e. The Bertz CT molecular complexity index is 748. The topological polar surface area (TPSA) is 83.5 Å². The van der Waals surface area contributed by atoms with E-state index in [0.29, 0.717) is 13.1 Å². The number of sulfone groups is 1. The van der Waals surface area contributed by atoms with E-state index in [4.69, 9.17) is 0 Å². The Hall–Kier alpha value is -0.670. The highest BCUT2D eigenvalue weighted by Gasteiger charge is 2.30. The van der Waals surface area contributed by atoms with Gasteiger partial charge in [-0.05, 0) is 50.6 Å². The highest BCUT2D eigenvalue weighted by molar-refractivity contribution is 7.91. The quantitative estimate of drug-likeness (QED) is 0.788. The van der Waals surface area contributed by atoms with Crippen LogP contribution in [0, 0.1) is 5.92 Å². The number of hydrogen-bond acceptors (Lipinski definition) is 5. The number of benzene rings is 1. The minimum Gasteiger partial charge on any atom is -0.319 e. The first-order chi connectivity index (χ1) is 10.8. The third kappa shape index (κ3) is 4.70. The molecular formula is C15H25ClN2O4S2. The highest BCUT2D eigenvalue weighted by Crippen LogP contribution is 2.25. The molecule has 1 aromatic carbocycles. The lowest BCUT2D eigenvalue weighted by molar-refractivity contribution is 0.263. The Labute approximate surface area is 151 Å². The van der Waals surface area contributed by atoms with Crippen molar-refractivity contribution in [2.75, 3.05) is 32.4 Å². The zero-order valence-corrected chi connectivity index (χ0v) is 16.4. The highest BCUT2D eigenvalue weighted by atomic mass is 35.5. The van der Waals surface area contributed by atoms with Crippen molar-refractivity contribution in [3.8, 4) is 0 Å². The van der Waals surface area contributed by atoms with E-state index in [1.54, 1.807) is 6.92 Å². The Balaban J connectivity index is 0.00000288. The van der Waals surface area contributed by atoms with Crippen molar-refractivity contribution in [2.45, 2.75) is 29.6 Å². The van der Waals surface area contributed by atoms with E-state index in [1.807, 2.05) is 7.05 Å². The van der Waals surface area contributed by atoms with Crippen molar-refractivity contribution in [3.63, 3.8) is 0 Å². The number of piperidine rings is 1. The zero-order chi connectivity index (χ0) is 17.1. The van der Waals surface area contributed by atoms with Crippen LogP contribution in [0.3, 0.4) is 0 Å². The first kappa shape index (κ1) is 21.4. The molecule has 1 fully saturated rings. The Kier molecular flexibility index (Phi) is 7.68. The third-order valence-electron chi connectivity index (χ3n) is 4.16. The summed E-state index contributed by atoms with van der Waals surface area (Å²) in [5, 5.41) is 3.08. The van der Waals surface area contributed by atoms with Gasteiger partial charge >= 0.3 is 0 Å². The predicted octanol–water partition coefficient (Wildman–Crippen LogP) is 1.52. The summed E-state index contributed by atoms with van der Waals surface area (Å²) in [6.45, 7) is 3.26. The monoisotopic (exact) mass is 396 g/mol. The fourth-order valence-electron chi connectivity index (χ4n) is 2.84. The number of rotatable bonds is 6. The minimum atomic E-state index is -3.66. The van der Waals surface area contributed by atoms with Crippen molar-refractivity contribution in [3.05, 3.63) is 24.3 Å². The molecule has 0 spiro atoms. The van der Waals surface area contributed by atoms with Crippen molar-refractivity contribution < 1.29 is 16.8 Å². The van der Waals surface area contributed by atoms with Crippen LogP contribution in [-0.4, -0.2) is 53.6 Å². The van der Waals surface area contributed by atoms with Crippen LogP contribution in [-0.2, 0) is 19.9 Å². The third-order valence-corrected chi connectivity index (χ3v) is 7.75. The molecule has 1 saturated heterocycles. The molecule has 1 aliphatic rings. The number of nitrogens with zero attached hydrogens (tertiary/aromatic N) is 1. The van der Waals surface area contributed by atoms with E-state index in [2.05, 4.69) is 5.32 Å². The maximum absolute atomic E-state index is 12.8. The molecule has 0 amide bonds. The first-order valence-corrected chi connectivity index (χ1v) is 10.9. The van der Waals surface area contributed by atoms with Crippen LogP contribution in [0.5, 0.6) is 0 Å². The SMILES string of the molecule is CCS(=O)(=O)c1cccc(S(=O)(=O)N2CCCC(CNC)C2)c1.Cl. The molecule has 1 heterocycles. The van der Waals surface area contributed by atoms with E-state index >= 15 is 0 Å². The van der Waals surface area contributed by atoms with Crippen molar-refractivity contribution in [2.24, 2.45) is 5.92 Å². The Morgan fingerprint density at radius 3 is 2.50 bits per heavy atom. The van der Waals surface area contributed by atoms with Crippen LogP contribution in [0.1, 0.15) is 19.8 Å². The number of sulfonamides is 1. The fourth-order valence-corrected chi connectivity index (χ4v) is 5.45. The van der Waals surface area contributed by atoms with Gasteiger partial charge in [0.2, 0.25) is 10.0 Å². The van der Waals surface area contributed by atoms with E-state index < -0.39 is 19.9 Å². The average molecular weight is 397 g/mol. The van der Waals surface area contributed by atoms with Gasteiger partial charge < -0.3 is 5.32 Å². The number of nitrogens with one attached hydrogen (secondary N) is 1. The van der Waals surface area contributed by atoms with Gasteiger partial charge in [0, 0.05) is 13.1 Å². The molecule has 0 bridgehead atoms. The summed E-state index contributed by atoms with van der Waals surface area (Å²) in [6, 6.07) is 5.67. The minimum absolute atomic E-state index is 0. The molecular weight excluding hydrogens is 372 g/mol. The second kappa shape index (κ2) is 8.62. The molecule has 0 aromatic heterocycles. The van der Waals surface area contributed by atoms with Crippen LogP contribution < -0.4 is 5.32 Å². The largest absolute Gasteiger partial charge is 0.319 e. The van der Waals surface area contributed by atoms with Gasteiger partial charge in [0.1, 0.15) is 0 Å². The molecule has 24 heavy (non-hydrogen) atoms. The van der Waals surface area contributed by atoms with Crippen LogP contribution in [0.15, 0.2) is 34.1 Å². The summed E-state index contributed by atoms with van der Waals surface area (Å²) in [6.07, 6.45) is 1.82. The van der Waals surface area contributed by atoms with Crippen LogP contribution in [0.25, 0.3) is 0 Å². The molecule has 1 atom stereocenters. The molecule has 0 radical (unpaired) electrons. The summed E-state index contributed by atoms with van der Waals surface area (Å²) >= 11 is 0. The van der Waals surface area contributed by atoms with E-state index in [-0.39, 0.29) is 33.9 Å². The van der Waals surface area contributed by atoms with Gasteiger partial charge in [-0.15, -0.1) is 12.4 Å². The average Bonchev–Trinajstić information content (AvgIpc) is 2.55. The standard InChI is InChI=1S/C15H24N2O4S2.ClH/c1-3-22(18,19)14-7-4-8-15(10-14)23(20,21)17-9-5-6-13(12-17)11-16-2;/h4,7-8,10,13,16H,3,5-6,9,11-12H2,1-2H3;1H. The molecule has 9 heteroatoms. The first-order valence-electron chi connectivity index (χ1n) is 7.79. The van der Waals surface area contributed by atoms with Gasteiger partial charge in [-0.2, -0.15) is 4.31 Å². The van der Waals surface area contributed by atoms with Crippen LogP contribution >= 0.6 is 12.4 Å². The van der Waals surface area contributed by atoms with Gasteiger partial charge in [-0.25, -0.2) is 16.8 Å². The van der Waals surface area contributed by atoms with Gasteiger partial charge in [0.15, 0.2) is 9.84 Å². The molecule has 0 aliphatic carbocycles. The number of halogens is 1. The zero-order valence-electron chi connectivity index (χ0n) is 13.9. The van der Waals surface area contributed by atoms with Gasteiger partial charge in [0.05, 0.1) is 15.5 Å². The Morgan fingerprint density at radius 2 is 1.88 bits per heavy atom. The summed E-state index contributed by atoms with van der Waals surface area (Å²) in [5.74, 6) is 0.232. The van der Waals surface area contributed by atoms with E-state index in [9.17, 15) is 16.8 Å². The molecule has 0 saturated carbocycles. The lowest BCUT2D eigenvalue weighted by Gasteiger charge is -2.31. The lowest BCUT2D eigenvalue weighted by Crippen LogP contribution is -2.42. The summed E-state index contributed by atoms with van der Waals surface area (Å²) in [5.41, 5.74) is 0. The summed E-state index contributed by atoms with van der Waals surface area (Å²) < 4.78 is 51.1. The normalized spacial score (nSPS) is 19.7. The maximum atomic E-state index is 12.8. The van der Waals surface area contributed by atoms with Crippen molar-refractivity contribution in [1.82, 2.24) is 9.62 Å². The predicted molar refractivity (Wildman–Crippen MR) is 96.8 cm³/mol. The van der Waals surface area contributed by atoms with E-state index in [0.717, 1.165) is 19.4 Å². The molecule has 1 N–H and O–H groups in total. The maximum Gasteiger partial charge on any atom is 0.243 e. The van der Waals surface area contributed by atoms with Crippen molar-refractivity contribution in [1.29, 1.82) is 0 Å². The van der Waals surface area contributed by atoms with Gasteiger partial charge in [-0.3, -0.25) is 0 Å². The summed E-state index contributed by atoms with van der Waals surface area (Å²) in [4.78, 5) is 0.113. The van der Waals surface area contributed by atoms with Gasteiger partial charge in [0.25, 0.3) is 0 Å². The van der Waals surface area contributed by atoms with Gasteiger partial charge in [-0.1, -0.05) is 13.0 Å².